The summed E-state index contributed by atoms with van der Waals surface area (Å²) in [4.78, 5) is 24.8. The Kier molecular flexibility index (Phi) is 6.11. The molecular weight excluding hydrogens is 502 g/mol. The molecule has 1 saturated heterocycles. The van der Waals surface area contributed by atoms with Gasteiger partial charge in [0.1, 0.15) is 0 Å². The molecule has 6 rings (SSSR count). The van der Waals surface area contributed by atoms with Crippen molar-refractivity contribution in [1.29, 1.82) is 0 Å². The summed E-state index contributed by atoms with van der Waals surface area (Å²) in [6.45, 7) is 6.60. The van der Waals surface area contributed by atoms with Crippen molar-refractivity contribution in [3.63, 3.8) is 0 Å². The van der Waals surface area contributed by atoms with Crippen LogP contribution in [-0.2, 0) is 10.0 Å². The van der Waals surface area contributed by atoms with E-state index < -0.39 is 15.7 Å². The number of aryl methyl sites for hydroxylation is 2. The molecule has 9 nitrogen and oxygen atoms in total. The lowest BCUT2D eigenvalue weighted by Gasteiger charge is -2.42. The highest BCUT2D eigenvalue weighted by Gasteiger charge is 2.40. The highest BCUT2D eigenvalue weighted by Crippen LogP contribution is 2.35. The summed E-state index contributed by atoms with van der Waals surface area (Å²) in [5.74, 6) is 0.507. The maximum absolute atomic E-state index is 13.4. The molecule has 2 N–H and O–H groups in total. The highest BCUT2D eigenvalue weighted by molar-refractivity contribution is 7.92. The molecule has 2 aliphatic heterocycles. The van der Waals surface area contributed by atoms with Crippen molar-refractivity contribution in [3.05, 3.63) is 65.2 Å². The third-order valence-electron chi connectivity index (χ3n) is 7.59. The molecule has 38 heavy (non-hydrogen) atoms. The molecular formula is C28H31N5O4S. The Morgan fingerprint density at radius 3 is 2.45 bits per heavy atom. The first-order valence-corrected chi connectivity index (χ1v) is 14.5. The number of piperidine rings is 1. The molecule has 3 aromatic rings. The second kappa shape index (κ2) is 9.36. The SMILES string of the molecule is Cc1cccc(C)c1-c1cc2nc(n1)NS(=O)(=O)c1cccc(c1)C(=O)NC1(CCN(CC3CC3)CC1)O2. The summed E-state index contributed by atoms with van der Waals surface area (Å²) in [7, 11) is -4.05. The maximum atomic E-state index is 13.4. The zero-order chi connectivity index (χ0) is 26.5. The minimum Gasteiger partial charge on any atom is -0.451 e. The van der Waals surface area contributed by atoms with E-state index in [-0.39, 0.29) is 28.2 Å². The molecule has 0 radical (unpaired) electrons. The van der Waals surface area contributed by atoms with Gasteiger partial charge in [-0.25, -0.2) is 18.1 Å². The second-order valence-electron chi connectivity index (χ2n) is 10.6. The Bertz CT molecular complexity index is 1490. The summed E-state index contributed by atoms with van der Waals surface area (Å²) in [6, 6.07) is 13.6. The quantitative estimate of drug-likeness (QED) is 0.525. The number of aromatic nitrogens is 2. The van der Waals surface area contributed by atoms with Crippen molar-refractivity contribution < 1.29 is 17.9 Å². The molecule has 1 saturated carbocycles. The lowest BCUT2D eigenvalue weighted by Crippen LogP contribution is -2.59. The molecule has 1 aromatic heterocycles. The number of hydrogen-bond acceptors (Lipinski definition) is 7. The van der Waals surface area contributed by atoms with Crippen LogP contribution in [0.4, 0.5) is 5.95 Å². The number of carbonyl (C=O) groups excluding carboxylic acids is 1. The van der Waals surface area contributed by atoms with E-state index in [2.05, 4.69) is 24.9 Å². The summed E-state index contributed by atoms with van der Waals surface area (Å²) in [5, 5.41) is 3.10. The van der Waals surface area contributed by atoms with E-state index in [1.807, 2.05) is 32.0 Å². The fourth-order valence-corrected chi connectivity index (χ4v) is 6.34. The van der Waals surface area contributed by atoms with Gasteiger partial charge < -0.3 is 15.0 Å². The Balaban J connectivity index is 1.45. The molecule has 0 unspecified atom stereocenters. The number of carbonyl (C=O) groups is 1. The van der Waals surface area contributed by atoms with E-state index in [1.54, 1.807) is 18.2 Å². The molecule has 3 aliphatic rings. The van der Waals surface area contributed by atoms with Gasteiger partial charge in [0, 0.05) is 49.7 Å². The largest absolute Gasteiger partial charge is 0.451 e. The number of fused-ring (bicyclic) bond motifs is 4. The van der Waals surface area contributed by atoms with Crippen LogP contribution in [0.25, 0.3) is 11.3 Å². The van der Waals surface area contributed by atoms with Gasteiger partial charge in [0.2, 0.25) is 11.8 Å². The number of nitrogens with one attached hydrogen (secondary N) is 2. The number of benzene rings is 2. The average Bonchev–Trinajstić information content (AvgIpc) is 3.69. The molecule has 0 atom stereocenters. The molecule has 1 spiro atoms. The van der Waals surface area contributed by atoms with Crippen molar-refractivity contribution in [2.45, 2.75) is 50.2 Å². The molecule has 1 aliphatic carbocycles. The van der Waals surface area contributed by atoms with Crippen LogP contribution in [0.1, 0.15) is 47.2 Å². The number of hydrogen-bond donors (Lipinski definition) is 2. The lowest BCUT2D eigenvalue weighted by molar-refractivity contribution is -0.0249. The Morgan fingerprint density at radius 2 is 1.74 bits per heavy atom. The standard InChI is InChI=1S/C28H31N5O4S/c1-18-5-3-6-19(2)25(18)23-16-24-30-27(29-23)32-38(35,36)22-8-4-7-21(15-22)26(34)31-28(37-24)11-13-33(14-12-28)17-20-9-10-20/h3-8,15-16,20H,9-14,17H2,1-2H3,(H,31,34)(H,29,30,32). The van der Waals surface area contributed by atoms with Crippen molar-refractivity contribution >= 4 is 21.9 Å². The van der Waals surface area contributed by atoms with Crippen LogP contribution in [0.3, 0.4) is 0 Å². The van der Waals surface area contributed by atoms with Crippen LogP contribution < -0.4 is 14.8 Å². The van der Waals surface area contributed by atoms with Crippen LogP contribution in [0.5, 0.6) is 5.88 Å². The van der Waals surface area contributed by atoms with Crippen molar-refractivity contribution in [3.8, 4) is 17.1 Å². The van der Waals surface area contributed by atoms with Gasteiger partial charge in [0.15, 0.2) is 5.72 Å². The number of sulfonamides is 1. The summed E-state index contributed by atoms with van der Waals surface area (Å²) in [5.41, 5.74) is 2.67. The van der Waals surface area contributed by atoms with Gasteiger partial charge in [-0.15, -0.1) is 0 Å². The number of nitrogens with zero attached hydrogens (tertiary/aromatic N) is 3. The summed E-state index contributed by atoms with van der Waals surface area (Å²) < 4.78 is 35.5. The van der Waals surface area contributed by atoms with E-state index in [9.17, 15) is 13.2 Å². The normalized spacial score (nSPS) is 20.4. The Morgan fingerprint density at radius 1 is 1.03 bits per heavy atom. The minimum absolute atomic E-state index is 0.0393. The average molecular weight is 534 g/mol. The van der Waals surface area contributed by atoms with Crippen LogP contribution in [0.2, 0.25) is 0 Å². The summed E-state index contributed by atoms with van der Waals surface area (Å²) >= 11 is 0. The lowest BCUT2D eigenvalue weighted by atomic mass is 9.98. The van der Waals surface area contributed by atoms with Gasteiger partial charge in [-0.05, 0) is 61.9 Å². The zero-order valence-corrected chi connectivity index (χ0v) is 22.3. The number of rotatable bonds is 3. The maximum Gasteiger partial charge on any atom is 0.264 e. The van der Waals surface area contributed by atoms with Gasteiger partial charge in [-0.3, -0.25) is 4.79 Å². The van der Waals surface area contributed by atoms with Gasteiger partial charge in [0.05, 0.1) is 10.6 Å². The Labute approximate surface area is 222 Å². The second-order valence-corrected chi connectivity index (χ2v) is 12.3. The zero-order valence-electron chi connectivity index (χ0n) is 21.5. The minimum atomic E-state index is -4.05. The molecule has 10 heteroatoms. The first kappa shape index (κ1) is 24.8. The summed E-state index contributed by atoms with van der Waals surface area (Å²) in [6.07, 6.45) is 3.72. The van der Waals surface area contributed by atoms with E-state index >= 15 is 0 Å². The van der Waals surface area contributed by atoms with Crippen molar-refractivity contribution in [1.82, 2.24) is 20.2 Å². The third-order valence-corrected chi connectivity index (χ3v) is 8.92. The number of likely N-dealkylation sites (tertiary alicyclic amines) is 1. The smallest absolute Gasteiger partial charge is 0.264 e. The fourth-order valence-electron chi connectivity index (χ4n) is 5.35. The van der Waals surface area contributed by atoms with E-state index in [4.69, 9.17) is 4.74 Å². The fraction of sp³-hybridized carbons (Fsp3) is 0.393. The van der Waals surface area contributed by atoms with Gasteiger partial charge in [0.25, 0.3) is 15.9 Å². The van der Waals surface area contributed by atoms with Crippen molar-refractivity contribution in [2.24, 2.45) is 5.92 Å². The highest BCUT2D eigenvalue weighted by atomic mass is 32.2. The first-order valence-electron chi connectivity index (χ1n) is 13.0. The predicted octanol–water partition coefficient (Wildman–Crippen LogP) is 3.89. The van der Waals surface area contributed by atoms with Gasteiger partial charge >= 0.3 is 0 Å². The van der Waals surface area contributed by atoms with Crippen molar-refractivity contribution in [2.75, 3.05) is 24.4 Å². The first-order chi connectivity index (χ1) is 18.2. The molecule has 1 amide bonds. The monoisotopic (exact) mass is 533 g/mol. The van der Waals surface area contributed by atoms with E-state index in [1.165, 1.54) is 25.0 Å². The molecule has 2 aromatic carbocycles. The van der Waals surface area contributed by atoms with Crippen LogP contribution in [0.15, 0.2) is 53.4 Å². The molecule has 3 heterocycles. The number of anilines is 1. The van der Waals surface area contributed by atoms with Crippen LogP contribution >= 0.6 is 0 Å². The topological polar surface area (TPSA) is 114 Å². The van der Waals surface area contributed by atoms with Crippen LogP contribution in [-0.4, -0.2) is 54.6 Å². The Hall–Kier alpha value is -3.50. The van der Waals surface area contributed by atoms with Gasteiger partial charge in [-0.2, -0.15) is 4.98 Å². The predicted molar refractivity (Wildman–Crippen MR) is 143 cm³/mol. The molecule has 4 bridgehead atoms. The number of amides is 1. The van der Waals surface area contributed by atoms with Gasteiger partial charge in [-0.1, -0.05) is 24.3 Å². The molecule has 2 fully saturated rings. The van der Waals surface area contributed by atoms with E-state index in [0.717, 1.165) is 42.2 Å². The number of ether oxygens (including phenoxy) is 1. The third kappa shape index (κ3) is 4.98. The molecule has 198 valence electrons. The van der Waals surface area contributed by atoms with E-state index in [0.29, 0.717) is 18.5 Å². The van der Waals surface area contributed by atoms with Crippen LogP contribution in [0, 0.1) is 19.8 Å².